The lowest BCUT2D eigenvalue weighted by molar-refractivity contribution is -0.140. The summed E-state index contributed by atoms with van der Waals surface area (Å²) in [5.41, 5.74) is 0.583. The zero-order chi connectivity index (χ0) is 20.3. The Bertz CT molecular complexity index is 1120. The molecule has 2 aromatic heterocycles. The van der Waals surface area contributed by atoms with Crippen molar-refractivity contribution in [1.29, 1.82) is 0 Å². The Hall–Kier alpha value is -3.00. The molecule has 2 atom stereocenters. The normalized spacial score (nSPS) is 25.4. The monoisotopic (exact) mass is 407 g/mol. The number of anilines is 1. The number of piperidine rings is 1. The largest absolute Gasteiger partial charge is 0.356 e. The third-order valence-corrected chi connectivity index (χ3v) is 6.75. The van der Waals surface area contributed by atoms with E-state index in [1.165, 1.54) is 6.07 Å². The van der Waals surface area contributed by atoms with Crippen molar-refractivity contribution in [2.24, 2.45) is 0 Å². The molecule has 7 nitrogen and oxygen atoms in total. The number of ether oxygens (including phenoxy) is 1. The first-order valence-corrected chi connectivity index (χ1v) is 10.4. The summed E-state index contributed by atoms with van der Waals surface area (Å²) in [6.45, 7) is 1.38. The number of aromatic nitrogens is 3. The Kier molecular flexibility index (Phi) is 3.86. The van der Waals surface area contributed by atoms with Gasteiger partial charge in [0.05, 0.1) is 12.2 Å². The van der Waals surface area contributed by atoms with Gasteiger partial charge >= 0.3 is 0 Å². The lowest BCUT2D eigenvalue weighted by Gasteiger charge is -2.38. The third-order valence-electron chi connectivity index (χ3n) is 6.75. The van der Waals surface area contributed by atoms with E-state index < -0.39 is 5.60 Å². The number of nitrogens with zero attached hydrogens (tertiary/aromatic N) is 5. The summed E-state index contributed by atoms with van der Waals surface area (Å²) in [6.07, 6.45) is 5.94. The van der Waals surface area contributed by atoms with Crippen molar-refractivity contribution in [1.82, 2.24) is 19.5 Å². The van der Waals surface area contributed by atoms with Crippen LogP contribution < -0.4 is 4.90 Å². The van der Waals surface area contributed by atoms with Crippen LogP contribution in [0.4, 0.5) is 10.2 Å². The van der Waals surface area contributed by atoms with E-state index in [0.29, 0.717) is 31.5 Å². The molecule has 6 rings (SSSR count). The number of benzene rings is 1. The predicted octanol–water partition coefficient (Wildman–Crippen LogP) is 2.93. The van der Waals surface area contributed by atoms with Gasteiger partial charge in [0, 0.05) is 43.8 Å². The van der Waals surface area contributed by atoms with Crippen LogP contribution in [0.3, 0.4) is 0 Å². The standard InChI is InChI=1S/C22H22FN5O2/c23-16-4-2-1-3-15(16)17-5-6-20-27(17)21(29)22(30-20)9-13-26(14-10-22)19-8-11-24-18-7-12-25-28(18)19/h1-4,7-8,11-12,17,20H,5-6,9-10,13-14H2. The molecule has 30 heavy (non-hydrogen) atoms. The van der Waals surface area contributed by atoms with Crippen LogP contribution in [0.25, 0.3) is 5.65 Å². The average Bonchev–Trinajstić information content (AvgIpc) is 3.46. The number of fused-ring (bicyclic) bond motifs is 2. The first-order chi connectivity index (χ1) is 14.7. The van der Waals surface area contributed by atoms with Crippen LogP contribution in [0.5, 0.6) is 0 Å². The fourth-order valence-electron chi connectivity index (χ4n) is 5.25. The topological polar surface area (TPSA) is 63.0 Å². The van der Waals surface area contributed by atoms with Gasteiger partial charge in [0.2, 0.25) is 0 Å². The lowest BCUT2D eigenvalue weighted by atomic mass is 9.89. The van der Waals surface area contributed by atoms with Gasteiger partial charge < -0.3 is 14.5 Å². The van der Waals surface area contributed by atoms with Crippen molar-refractivity contribution in [3.63, 3.8) is 0 Å². The molecule has 8 heteroatoms. The number of halogens is 1. The van der Waals surface area contributed by atoms with Gasteiger partial charge in [-0.15, -0.1) is 0 Å². The molecule has 3 aliphatic rings. The molecule has 3 saturated heterocycles. The SMILES string of the molecule is O=C1N2C(CCC2c2ccccc2F)OC12CCN(c1ccnc3ccnn13)CC2. The summed E-state index contributed by atoms with van der Waals surface area (Å²) in [5, 5.41) is 4.37. The summed E-state index contributed by atoms with van der Waals surface area (Å²) < 4.78 is 22.6. The number of carbonyl (C=O) groups excluding carboxylic acids is 1. The van der Waals surface area contributed by atoms with Crippen LogP contribution in [0, 0.1) is 5.82 Å². The van der Waals surface area contributed by atoms with E-state index in [9.17, 15) is 9.18 Å². The Morgan fingerprint density at radius 1 is 1.07 bits per heavy atom. The van der Waals surface area contributed by atoms with Crippen molar-refractivity contribution < 1.29 is 13.9 Å². The molecule has 0 aliphatic carbocycles. The highest BCUT2D eigenvalue weighted by atomic mass is 19.1. The van der Waals surface area contributed by atoms with Crippen LogP contribution in [0.15, 0.2) is 48.8 Å². The van der Waals surface area contributed by atoms with Crippen LogP contribution >= 0.6 is 0 Å². The first-order valence-electron chi connectivity index (χ1n) is 10.4. The van der Waals surface area contributed by atoms with Gasteiger partial charge in [-0.2, -0.15) is 9.61 Å². The molecule has 3 aromatic rings. The van der Waals surface area contributed by atoms with Crippen LogP contribution in [0.1, 0.15) is 37.3 Å². The van der Waals surface area contributed by atoms with Crippen LogP contribution in [-0.2, 0) is 9.53 Å². The van der Waals surface area contributed by atoms with Crippen molar-refractivity contribution in [2.75, 3.05) is 18.0 Å². The third kappa shape index (κ3) is 2.49. The molecule has 3 aliphatic heterocycles. The predicted molar refractivity (Wildman–Crippen MR) is 107 cm³/mol. The van der Waals surface area contributed by atoms with E-state index >= 15 is 0 Å². The number of hydrogen-bond acceptors (Lipinski definition) is 5. The highest BCUT2D eigenvalue weighted by Gasteiger charge is 2.58. The minimum absolute atomic E-state index is 0.0110. The van der Waals surface area contributed by atoms with Crippen LogP contribution in [0.2, 0.25) is 0 Å². The van der Waals surface area contributed by atoms with Gasteiger partial charge in [-0.25, -0.2) is 9.37 Å². The van der Waals surface area contributed by atoms with Gasteiger partial charge in [-0.05, 0) is 25.0 Å². The maximum Gasteiger partial charge on any atom is 0.257 e. The number of rotatable bonds is 2. The first kappa shape index (κ1) is 17.8. The van der Waals surface area contributed by atoms with Gasteiger partial charge in [0.25, 0.3) is 5.91 Å². The second-order valence-electron chi connectivity index (χ2n) is 8.29. The second-order valence-corrected chi connectivity index (χ2v) is 8.29. The lowest BCUT2D eigenvalue weighted by Crippen LogP contribution is -2.50. The van der Waals surface area contributed by atoms with E-state index in [4.69, 9.17) is 4.74 Å². The zero-order valence-corrected chi connectivity index (χ0v) is 16.4. The van der Waals surface area contributed by atoms with E-state index in [1.54, 1.807) is 29.4 Å². The molecular weight excluding hydrogens is 385 g/mol. The molecule has 0 radical (unpaired) electrons. The Morgan fingerprint density at radius 2 is 1.90 bits per heavy atom. The summed E-state index contributed by atoms with van der Waals surface area (Å²) in [5.74, 6) is 0.722. The van der Waals surface area contributed by atoms with Crippen molar-refractivity contribution >= 4 is 17.4 Å². The maximum atomic E-state index is 14.4. The molecule has 3 fully saturated rings. The van der Waals surface area contributed by atoms with Crippen molar-refractivity contribution in [3.05, 3.63) is 60.2 Å². The van der Waals surface area contributed by atoms with Crippen molar-refractivity contribution in [3.8, 4) is 0 Å². The molecule has 0 saturated carbocycles. The van der Waals surface area contributed by atoms with Gasteiger partial charge in [0.1, 0.15) is 17.9 Å². The summed E-state index contributed by atoms with van der Waals surface area (Å²) >= 11 is 0. The molecule has 5 heterocycles. The van der Waals surface area contributed by atoms with E-state index in [0.717, 1.165) is 24.3 Å². The molecule has 0 bridgehead atoms. The Balaban J connectivity index is 1.24. The Labute approximate surface area is 173 Å². The Morgan fingerprint density at radius 3 is 2.73 bits per heavy atom. The minimum atomic E-state index is -0.804. The minimum Gasteiger partial charge on any atom is -0.356 e. The molecule has 154 valence electrons. The molecule has 0 N–H and O–H groups in total. The van der Waals surface area contributed by atoms with Gasteiger partial charge in [-0.1, -0.05) is 18.2 Å². The maximum absolute atomic E-state index is 14.4. The number of carbonyl (C=O) groups is 1. The van der Waals surface area contributed by atoms with Crippen molar-refractivity contribution in [2.45, 2.75) is 43.6 Å². The average molecular weight is 407 g/mol. The molecular formula is C22H22FN5O2. The molecule has 1 spiro atoms. The number of amides is 1. The summed E-state index contributed by atoms with van der Waals surface area (Å²) in [7, 11) is 0. The molecule has 1 aromatic carbocycles. The van der Waals surface area contributed by atoms with Crippen LogP contribution in [-0.4, -0.2) is 50.3 Å². The quantitative estimate of drug-likeness (QED) is 0.654. The molecule has 2 unspecified atom stereocenters. The smallest absolute Gasteiger partial charge is 0.257 e. The van der Waals surface area contributed by atoms with E-state index in [2.05, 4.69) is 15.0 Å². The van der Waals surface area contributed by atoms with Gasteiger partial charge in [-0.3, -0.25) is 4.79 Å². The van der Waals surface area contributed by atoms with E-state index in [1.807, 2.05) is 22.7 Å². The fourth-order valence-corrected chi connectivity index (χ4v) is 5.25. The van der Waals surface area contributed by atoms with Gasteiger partial charge in [0.15, 0.2) is 11.2 Å². The highest BCUT2D eigenvalue weighted by molar-refractivity contribution is 5.88. The zero-order valence-electron chi connectivity index (χ0n) is 16.4. The van der Waals surface area contributed by atoms with E-state index in [-0.39, 0.29) is 24.0 Å². The summed E-state index contributed by atoms with van der Waals surface area (Å²) in [6, 6.07) is 10.3. The number of hydrogen-bond donors (Lipinski definition) is 0. The highest BCUT2D eigenvalue weighted by Crippen LogP contribution is 2.48. The summed E-state index contributed by atoms with van der Waals surface area (Å²) in [4.78, 5) is 21.8. The molecule has 1 amide bonds. The fraction of sp³-hybridized carbons (Fsp3) is 0.409. The second kappa shape index (κ2) is 6.50.